The maximum absolute atomic E-state index is 13.0. The van der Waals surface area contributed by atoms with Crippen molar-refractivity contribution in [3.63, 3.8) is 0 Å². The maximum Gasteiger partial charge on any atom is 0.306 e. The third-order valence-corrected chi connectivity index (χ3v) is 18.1. The van der Waals surface area contributed by atoms with Gasteiger partial charge < -0.3 is 14.2 Å². The number of hydrogen-bond donors (Lipinski definition) is 0. The molecular weight excluding hydrogens is 1020 g/mol. The summed E-state index contributed by atoms with van der Waals surface area (Å²) in [5.74, 6) is -0.816. The molecule has 6 heteroatoms. The van der Waals surface area contributed by atoms with Gasteiger partial charge >= 0.3 is 17.9 Å². The van der Waals surface area contributed by atoms with Gasteiger partial charge in [0.1, 0.15) is 13.2 Å². The Bertz CT molecular complexity index is 1250. The van der Waals surface area contributed by atoms with Crippen molar-refractivity contribution in [2.24, 2.45) is 0 Å². The standard InChI is InChI=1S/C77H150O6/c1-4-7-10-13-16-19-22-25-28-30-32-34-35-36-37-38-39-40-41-42-43-44-46-47-49-52-55-58-61-64-67-70-76(79)82-73-74(72-81-75(78)69-66-63-60-57-54-51-27-24-21-18-15-12-9-6-3)83-77(80)71-68-65-62-59-56-53-50-48-45-33-31-29-26-23-20-17-14-11-8-5-2/h74H,4-73H2,1-3H3. The molecule has 6 nitrogen and oxygen atoms in total. The van der Waals surface area contributed by atoms with Crippen molar-refractivity contribution in [2.75, 3.05) is 13.2 Å². The molecule has 0 aromatic rings. The Kier molecular flexibility index (Phi) is 71.5. The van der Waals surface area contributed by atoms with Crippen LogP contribution in [0, 0.1) is 0 Å². The minimum atomic E-state index is -0.764. The lowest BCUT2D eigenvalue weighted by Gasteiger charge is -2.18. The van der Waals surface area contributed by atoms with Gasteiger partial charge in [0.2, 0.25) is 0 Å². The monoisotopic (exact) mass is 1170 g/mol. The van der Waals surface area contributed by atoms with Crippen LogP contribution < -0.4 is 0 Å². The summed E-state index contributed by atoms with van der Waals surface area (Å²) in [7, 11) is 0. The van der Waals surface area contributed by atoms with E-state index in [1.807, 2.05) is 0 Å². The van der Waals surface area contributed by atoms with Crippen molar-refractivity contribution >= 4 is 17.9 Å². The molecule has 0 bridgehead atoms. The maximum atomic E-state index is 13.0. The Morgan fingerprint density at radius 2 is 0.325 bits per heavy atom. The van der Waals surface area contributed by atoms with Crippen molar-refractivity contribution < 1.29 is 28.6 Å². The highest BCUT2D eigenvalue weighted by Crippen LogP contribution is 2.20. The summed E-state index contributed by atoms with van der Waals surface area (Å²) in [5, 5.41) is 0. The SMILES string of the molecule is CCCCCCCCCCCCCCCCCCCCCCCCCCCCCCCCCC(=O)OCC(COC(=O)CCCCCCCCCCCCCCCC)OC(=O)CCCCCCCCCCCCCCCCCCCCCC. The predicted octanol–water partition coefficient (Wildman–Crippen LogP) is 26.6. The summed E-state index contributed by atoms with van der Waals surface area (Å²) in [6, 6.07) is 0. The zero-order valence-electron chi connectivity index (χ0n) is 57.0. The lowest BCUT2D eigenvalue weighted by Crippen LogP contribution is -2.30. The molecule has 0 aromatic heterocycles. The van der Waals surface area contributed by atoms with E-state index in [0.717, 1.165) is 57.8 Å². The Labute approximate surface area is 520 Å². The molecule has 0 heterocycles. The van der Waals surface area contributed by atoms with Crippen molar-refractivity contribution in [1.82, 2.24) is 0 Å². The van der Waals surface area contributed by atoms with E-state index < -0.39 is 6.10 Å². The summed E-state index contributed by atoms with van der Waals surface area (Å²) < 4.78 is 17.0. The second-order valence-corrected chi connectivity index (χ2v) is 26.6. The van der Waals surface area contributed by atoms with E-state index >= 15 is 0 Å². The molecule has 1 atom stereocenters. The van der Waals surface area contributed by atoms with E-state index in [0.29, 0.717) is 19.3 Å². The van der Waals surface area contributed by atoms with Crippen LogP contribution in [0.5, 0.6) is 0 Å². The number of hydrogen-bond acceptors (Lipinski definition) is 6. The van der Waals surface area contributed by atoms with Crippen LogP contribution in [0.4, 0.5) is 0 Å². The van der Waals surface area contributed by atoms with Crippen LogP contribution in [0.2, 0.25) is 0 Å². The first-order chi connectivity index (χ1) is 41.0. The first-order valence-corrected chi connectivity index (χ1v) is 38.5. The quantitative estimate of drug-likeness (QED) is 0.0343. The Balaban J connectivity index is 4.12. The van der Waals surface area contributed by atoms with Crippen molar-refractivity contribution in [3.8, 4) is 0 Å². The molecule has 0 aliphatic rings. The second kappa shape index (κ2) is 72.9. The molecule has 0 saturated heterocycles. The molecule has 494 valence electrons. The molecule has 0 spiro atoms. The topological polar surface area (TPSA) is 78.9 Å². The predicted molar refractivity (Wildman–Crippen MR) is 363 cm³/mol. The largest absolute Gasteiger partial charge is 0.462 e. The lowest BCUT2D eigenvalue weighted by atomic mass is 10.0. The van der Waals surface area contributed by atoms with E-state index in [1.165, 1.54) is 360 Å². The molecule has 1 unspecified atom stereocenters. The summed E-state index contributed by atoms with van der Waals surface area (Å²) in [6.45, 7) is 6.75. The number of carbonyl (C=O) groups is 3. The zero-order chi connectivity index (χ0) is 59.9. The van der Waals surface area contributed by atoms with Crippen molar-refractivity contribution in [2.45, 2.75) is 463 Å². The highest BCUT2D eigenvalue weighted by Gasteiger charge is 2.20. The third kappa shape index (κ3) is 71.1. The van der Waals surface area contributed by atoms with Crippen molar-refractivity contribution in [1.29, 1.82) is 0 Å². The molecule has 0 aromatic carbocycles. The smallest absolute Gasteiger partial charge is 0.306 e. The zero-order valence-corrected chi connectivity index (χ0v) is 57.0. The van der Waals surface area contributed by atoms with E-state index in [2.05, 4.69) is 20.8 Å². The highest BCUT2D eigenvalue weighted by molar-refractivity contribution is 5.71. The first-order valence-electron chi connectivity index (χ1n) is 38.5. The summed E-state index contributed by atoms with van der Waals surface area (Å²) in [5.41, 5.74) is 0. The first kappa shape index (κ1) is 81.4. The third-order valence-electron chi connectivity index (χ3n) is 18.1. The van der Waals surface area contributed by atoms with Gasteiger partial charge in [0.05, 0.1) is 0 Å². The van der Waals surface area contributed by atoms with E-state index in [9.17, 15) is 14.4 Å². The minimum Gasteiger partial charge on any atom is -0.462 e. The fraction of sp³-hybridized carbons (Fsp3) is 0.961. The molecule has 0 N–H and O–H groups in total. The van der Waals surface area contributed by atoms with Gasteiger partial charge in [0.25, 0.3) is 0 Å². The molecular formula is C77H150O6. The molecule has 0 radical (unpaired) electrons. The van der Waals surface area contributed by atoms with E-state index in [-0.39, 0.29) is 31.1 Å². The molecule has 0 aliphatic carbocycles. The fourth-order valence-corrected chi connectivity index (χ4v) is 12.3. The van der Waals surface area contributed by atoms with Gasteiger partial charge in [-0.25, -0.2) is 0 Å². The Morgan fingerprint density at radius 3 is 0.482 bits per heavy atom. The average Bonchev–Trinajstić information content (AvgIpc) is 3.49. The molecule has 0 amide bonds. The van der Waals surface area contributed by atoms with Gasteiger partial charge in [-0.1, -0.05) is 419 Å². The fourth-order valence-electron chi connectivity index (χ4n) is 12.3. The molecule has 83 heavy (non-hydrogen) atoms. The van der Waals surface area contributed by atoms with Gasteiger partial charge in [-0.05, 0) is 19.3 Å². The number of ether oxygens (including phenoxy) is 3. The van der Waals surface area contributed by atoms with Crippen LogP contribution in [0.25, 0.3) is 0 Å². The van der Waals surface area contributed by atoms with Gasteiger partial charge in [-0.2, -0.15) is 0 Å². The van der Waals surface area contributed by atoms with Crippen LogP contribution in [0.1, 0.15) is 457 Å². The second-order valence-electron chi connectivity index (χ2n) is 26.6. The van der Waals surface area contributed by atoms with Gasteiger partial charge in [0, 0.05) is 19.3 Å². The minimum absolute atomic E-state index is 0.0599. The van der Waals surface area contributed by atoms with Gasteiger partial charge in [-0.15, -0.1) is 0 Å². The Hall–Kier alpha value is -1.59. The molecule has 0 saturated carbocycles. The number of unbranched alkanes of at least 4 members (excludes halogenated alkanes) is 62. The lowest BCUT2D eigenvalue weighted by molar-refractivity contribution is -0.167. The Morgan fingerprint density at radius 1 is 0.193 bits per heavy atom. The van der Waals surface area contributed by atoms with Crippen LogP contribution in [-0.4, -0.2) is 37.2 Å². The van der Waals surface area contributed by atoms with Crippen LogP contribution in [0.15, 0.2) is 0 Å². The number of carbonyl (C=O) groups excluding carboxylic acids is 3. The summed E-state index contributed by atoms with van der Waals surface area (Å²) in [4.78, 5) is 38.5. The van der Waals surface area contributed by atoms with E-state index in [1.54, 1.807) is 0 Å². The molecule has 0 fully saturated rings. The van der Waals surface area contributed by atoms with E-state index in [4.69, 9.17) is 14.2 Å². The summed E-state index contributed by atoms with van der Waals surface area (Å²) in [6.07, 6.45) is 87.4. The van der Waals surface area contributed by atoms with Crippen LogP contribution in [0.3, 0.4) is 0 Å². The van der Waals surface area contributed by atoms with Gasteiger partial charge in [-0.3, -0.25) is 14.4 Å². The average molecular weight is 1170 g/mol. The highest BCUT2D eigenvalue weighted by atomic mass is 16.6. The van der Waals surface area contributed by atoms with Crippen LogP contribution in [-0.2, 0) is 28.6 Å². The molecule has 0 aliphatic heterocycles. The molecule has 0 rings (SSSR count). The van der Waals surface area contributed by atoms with Gasteiger partial charge in [0.15, 0.2) is 6.10 Å². The number of esters is 3. The normalized spacial score (nSPS) is 11.9. The van der Waals surface area contributed by atoms with Crippen LogP contribution >= 0.6 is 0 Å². The van der Waals surface area contributed by atoms with Crippen molar-refractivity contribution in [3.05, 3.63) is 0 Å². The number of rotatable bonds is 73. The summed E-state index contributed by atoms with van der Waals surface area (Å²) >= 11 is 0.